The maximum Gasteiger partial charge on any atom is 0.343 e. The van der Waals surface area contributed by atoms with Gasteiger partial charge < -0.3 is 20.3 Å². The Morgan fingerprint density at radius 3 is 2.85 bits per heavy atom. The summed E-state index contributed by atoms with van der Waals surface area (Å²) in [6.07, 6.45) is 0.353. The Balaban J connectivity index is 1.75. The molecule has 0 spiro atoms. The van der Waals surface area contributed by atoms with Crippen molar-refractivity contribution in [2.45, 2.75) is 44.4 Å². The molecule has 0 saturated heterocycles. The number of aromatic nitrogens is 2. The molecule has 34 heavy (non-hydrogen) atoms. The summed E-state index contributed by atoms with van der Waals surface area (Å²) in [6.45, 7) is 1.19. The first-order valence-electron chi connectivity index (χ1n) is 11.0. The average molecular weight is 464 g/mol. The van der Waals surface area contributed by atoms with E-state index in [0.29, 0.717) is 22.6 Å². The largest absolute Gasteiger partial charge is 0.458 e. The number of carbonyl (C=O) groups is 2. The molecule has 0 radical (unpaired) electrons. The number of cyclic esters (lactones) is 1. The van der Waals surface area contributed by atoms with E-state index in [0.717, 1.165) is 10.9 Å². The molecule has 1 aromatic carbocycles. The average Bonchev–Trinajstić information content (AvgIpc) is 3.12. The normalized spacial score (nSPS) is 20.4. The number of nitrogen functional groups attached to an aromatic ring is 1. The molecule has 0 fully saturated rings. The number of carbonyl (C=O) groups excluding carboxylic acids is 2. The molecule has 2 aliphatic heterocycles. The van der Waals surface area contributed by atoms with Crippen molar-refractivity contribution in [1.29, 1.82) is 0 Å². The smallest absolute Gasteiger partial charge is 0.343 e. The summed E-state index contributed by atoms with van der Waals surface area (Å²) >= 11 is 0. The van der Waals surface area contributed by atoms with E-state index in [4.69, 9.17) is 25.9 Å². The first-order chi connectivity index (χ1) is 16.3. The minimum absolute atomic E-state index is 0.0348. The molecule has 5 N–H and O–H groups in total. The lowest BCUT2D eigenvalue weighted by atomic mass is 9.86. The van der Waals surface area contributed by atoms with Crippen LogP contribution < -0.4 is 17.0 Å². The van der Waals surface area contributed by atoms with Crippen LogP contribution in [0.3, 0.4) is 0 Å². The molecule has 1 unspecified atom stereocenters. The van der Waals surface area contributed by atoms with Crippen LogP contribution in [0.1, 0.15) is 48.9 Å². The Bertz CT molecular complexity index is 1410. The van der Waals surface area contributed by atoms with Gasteiger partial charge in [0.15, 0.2) is 5.60 Å². The van der Waals surface area contributed by atoms with Gasteiger partial charge in [-0.1, -0.05) is 6.92 Å². The topological polar surface area (TPSA) is 160 Å². The predicted octanol–water partition coefficient (Wildman–Crippen LogP) is 1.44. The molecule has 10 nitrogen and oxygen atoms in total. The molecule has 2 atom stereocenters. The summed E-state index contributed by atoms with van der Waals surface area (Å²) in [7, 11) is 0. The highest BCUT2D eigenvalue weighted by molar-refractivity contribution is 5.88. The monoisotopic (exact) mass is 464 g/mol. The second-order valence-electron chi connectivity index (χ2n) is 8.50. The maximum absolute atomic E-state index is 13.7. The number of hydrogen-bond donors (Lipinski definition) is 3. The van der Waals surface area contributed by atoms with Crippen LogP contribution in [0.4, 0.5) is 5.69 Å². The van der Waals surface area contributed by atoms with Crippen LogP contribution in [0, 0.1) is 0 Å². The zero-order valence-electron chi connectivity index (χ0n) is 18.5. The molecule has 5 rings (SSSR count). The number of nitrogens with two attached hydrogens (primary N) is 2. The molecule has 0 amide bonds. The minimum Gasteiger partial charge on any atom is -0.458 e. The van der Waals surface area contributed by atoms with E-state index in [1.54, 1.807) is 35.8 Å². The zero-order chi connectivity index (χ0) is 24.2. The van der Waals surface area contributed by atoms with Gasteiger partial charge in [-0.3, -0.25) is 19.9 Å². The van der Waals surface area contributed by atoms with Gasteiger partial charge in [0.05, 0.1) is 28.5 Å². The van der Waals surface area contributed by atoms with Gasteiger partial charge in [-0.2, -0.15) is 0 Å². The summed E-state index contributed by atoms with van der Waals surface area (Å²) in [4.78, 5) is 42.9. The molecular weight excluding hydrogens is 440 g/mol. The Morgan fingerprint density at radius 1 is 1.32 bits per heavy atom. The van der Waals surface area contributed by atoms with E-state index in [1.807, 2.05) is 6.07 Å². The molecular formula is C24H24N4O6. The van der Waals surface area contributed by atoms with Gasteiger partial charge in [0.25, 0.3) is 5.56 Å². The molecule has 4 heterocycles. The van der Waals surface area contributed by atoms with Crippen molar-refractivity contribution >= 4 is 28.5 Å². The van der Waals surface area contributed by atoms with Crippen LogP contribution in [-0.4, -0.2) is 33.3 Å². The van der Waals surface area contributed by atoms with Crippen molar-refractivity contribution in [3.63, 3.8) is 0 Å². The number of benzene rings is 1. The van der Waals surface area contributed by atoms with E-state index in [1.165, 1.54) is 0 Å². The third kappa shape index (κ3) is 3.17. The quantitative estimate of drug-likeness (QED) is 0.288. The standard InChI is InChI=1S/C24H24N4O6/c1-2-24(32)16-9-19-21-14(8-12-7-13(26)3-4-17(12)27-21)18(5-6-20(29)34-11-25)28(19)22(30)15(16)10-33-23(24)31/h3-4,7-9,18,32H,2,5-6,10-11,25-26H2,1H3/t18?,24-/m0/s1. The lowest BCUT2D eigenvalue weighted by Gasteiger charge is -2.32. The van der Waals surface area contributed by atoms with Crippen LogP contribution in [0.2, 0.25) is 0 Å². The number of ether oxygens (including phenoxy) is 2. The highest BCUT2D eigenvalue weighted by Gasteiger charge is 2.46. The second-order valence-corrected chi connectivity index (χ2v) is 8.50. The van der Waals surface area contributed by atoms with Gasteiger partial charge in [0.2, 0.25) is 0 Å². The van der Waals surface area contributed by atoms with E-state index >= 15 is 0 Å². The zero-order valence-corrected chi connectivity index (χ0v) is 18.5. The van der Waals surface area contributed by atoms with Crippen molar-refractivity contribution in [2.24, 2.45) is 5.73 Å². The van der Waals surface area contributed by atoms with E-state index in [2.05, 4.69) is 0 Å². The number of hydrogen-bond acceptors (Lipinski definition) is 9. The molecule has 0 aliphatic carbocycles. The molecule has 0 saturated carbocycles. The maximum atomic E-state index is 13.7. The summed E-state index contributed by atoms with van der Waals surface area (Å²) in [6, 6.07) is 8.36. The van der Waals surface area contributed by atoms with Crippen molar-refractivity contribution in [3.8, 4) is 11.4 Å². The molecule has 2 aromatic heterocycles. The van der Waals surface area contributed by atoms with Crippen LogP contribution >= 0.6 is 0 Å². The first kappa shape index (κ1) is 22.1. The Kier molecular flexibility index (Phi) is 5.14. The molecule has 0 bridgehead atoms. The number of anilines is 1. The van der Waals surface area contributed by atoms with Crippen LogP contribution in [0.15, 0.2) is 35.1 Å². The van der Waals surface area contributed by atoms with Crippen LogP contribution in [0.5, 0.6) is 0 Å². The Hall–Kier alpha value is -3.76. The third-order valence-electron chi connectivity index (χ3n) is 6.63. The summed E-state index contributed by atoms with van der Waals surface area (Å²) in [5.74, 6) is -1.26. The van der Waals surface area contributed by atoms with Crippen LogP contribution in [-0.2, 0) is 31.3 Å². The summed E-state index contributed by atoms with van der Waals surface area (Å²) in [5, 5.41) is 11.9. The second kappa shape index (κ2) is 7.93. The molecule has 176 valence electrons. The van der Waals surface area contributed by atoms with Gasteiger partial charge in [-0.05, 0) is 43.2 Å². The fraction of sp³-hybridized carbons (Fsp3) is 0.333. The van der Waals surface area contributed by atoms with Gasteiger partial charge in [-0.15, -0.1) is 0 Å². The van der Waals surface area contributed by atoms with Crippen molar-refractivity contribution in [1.82, 2.24) is 9.55 Å². The number of esters is 2. The van der Waals surface area contributed by atoms with E-state index in [-0.39, 0.29) is 43.7 Å². The number of aliphatic hydroxyl groups is 1. The SMILES string of the molecule is CC[C@@]1(O)C(=O)OCc2c1cc1n(c2=O)C(CCC(=O)OCN)c2cc3cc(N)ccc3nc2-1. The van der Waals surface area contributed by atoms with Gasteiger partial charge in [0, 0.05) is 28.6 Å². The van der Waals surface area contributed by atoms with E-state index < -0.39 is 29.1 Å². The van der Waals surface area contributed by atoms with Gasteiger partial charge >= 0.3 is 11.9 Å². The summed E-state index contributed by atoms with van der Waals surface area (Å²) < 4.78 is 11.6. The highest BCUT2D eigenvalue weighted by atomic mass is 16.6. The molecule has 3 aromatic rings. The number of fused-ring (bicyclic) bond motifs is 5. The number of rotatable bonds is 5. The highest BCUT2D eigenvalue weighted by Crippen LogP contribution is 2.44. The van der Waals surface area contributed by atoms with Crippen molar-refractivity contribution in [2.75, 3.05) is 12.5 Å². The van der Waals surface area contributed by atoms with Crippen LogP contribution in [0.25, 0.3) is 22.3 Å². The van der Waals surface area contributed by atoms with E-state index in [9.17, 15) is 19.5 Å². The lowest BCUT2D eigenvalue weighted by Crippen LogP contribution is -2.44. The minimum atomic E-state index is -1.92. The summed E-state index contributed by atoms with van der Waals surface area (Å²) in [5.41, 5.74) is 12.4. The number of nitrogens with zero attached hydrogens (tertiary/aromatic N) is 2. The van der Waals surface area contributed by atoms with Crippen molar-refractivity contribution < 1.29 is 24.2 Å². The Morgan fingerprint density at radius 2 is 2.12 bits per heavy atom. The Labute approximate surface area is 194 Å². The number of pyridine rings is 2. The van der Waals surface area contributed by atoms with Gasteiger partial charge in [-0.25, -0.2) is 9.78 Å². The lowest BCUT2D eigenvalue weighted by molar-refractivity contribution is -0.172. The first-order valence-corrected chi connectivity index (χ1v) is 11.0. The fourth-order valence-electron chi connectivity index (χ4n) is 4.88. The fourth-order valence-corrected chi connectivity index (χ4v) is 4.88. The molecule has 10 heteroatoms. The molecule has 2 aliphatic rings. The predicted molar refractivity (Wildman–Crippen MR) is 122 cm³/mol. The van der Waals surface area contributed by atoms with Gasteiger partial charge in [0.1, 0.15) is 13.3 Å². The third-order valence-corrected chi connectivity index (χ3v) is 6.63. The van der Waals surface area contributed by atoms with Crippen molar-refractivity contribution in [3.05, 3.63) is 57.4 Å².